The molecule has 1 amide bonds. The van der Waals surface area contributed by atoms with Crippen LogP contribution in [-0.4, -0.2) is 32.8 Å². The molecule has 0 saturated carbocycles. The molecule has 140 valence electrons. The average Bonchev–Trinajstić information content (AvgIpc) is 3.18. The van der Waals surface area contributed by atoms with Crippen molar-refractivity contribution in [3.05, 3.63) is 29.6 Å². The number of fused-ring (bicyclic) bond motifs is 1. The summed E-state index contributed by atoms with van der Waals surface area (Å²) in [6, 6.07) is 5.25. The smallest absolute Gasteiger partial charge is 0.453 e. The fraction of sp³-hybridized carbons (Fsp3) is 0.357. The third-order valence-corrected chi connectivity index (χ3v) is 4.53. The zero-order valence-corrected chi connectivity index (χ0v) is 14.2. The normalized spacial score (nSPS) is 14.3. The molecule has 2 aromatic rings. The molecule has 2 heterocycles. The summed E-state index contributed by atoms with van der Waals surface area (Å²) in [5, 5.41) is 8.15. The molecule has 0 spiro atoms. The van der Waals surface area contributed by atoms with E-state index in [-0.39, 0.29) is 24.4 Å². The lowest BCUT2D eigenvalue weighted by Gasteiger charge is -2.12. The molecule has 1 aliphatic rings. The van der Waals surface area contributed by atoms with Gasteiger partial charge < -0.3 is 20.6 Å². The lowest BCUT2D eigenvalue weighted by Crippen LogP contribution is -2.31. The van der Waals surface area contributed by atoms with E-state index in [0.29, 0.717) is 16.2 Å². The average molecular weight is 389 g/mol. The summed E-state index contributed by atoms with van der Waals surface area (Å²) in [6.45, 7) is 1.91. The molecule has 0 saturated heterocycles. The molecule has 8 nitrogen and oxygen atoms in total. The molecule has 26 heavy (non-hydrogen) atoms. The number of ether oxygens (including phenoxy) is 2. The first-order chi connectivity index (χ1) is 12.3. The Bertz CT molecular complexity index is 827. The van der Waals surface area contributed by atoms with Crippen LogP contribution in [0.2, 0.25) is 0 Å². The monoisotopic (exact) mass is 389 g/mol. The Morgan fingerprint density at radius 1 is 1.38 bits per heavy atom. The number of aromatic nitrogens is 3. The second-order valence-electron chi connectivity index (χ2n) is 5.34. The SMILES string of the molecule is C[C@H](Sc1nnc(C(F)(F)F)n1N)C(=O)NCc1ccc2c(c1)OCO2. The van der Waals surface area contributed by atoms with Crippen molar-refractivity contribution in [2.45, 2.75) is 30.1 Å². The van der Waals surface area contributed by atoms with Gasteiger partial charge in [0.05, 0.1) is 5.25 Å². The van der Waals surface area contributed by atoms with Gasteiger partial charge in [-0.15, -0.1) is 10.2 Å². The molecule has 1 aromatic heterocycles. The molecule has 3 N–H and O–H groups in total. The van der Waals surface area contributed by atoms with Crippen molar-refractivity contribution in [1.82, 2.24) is 20.2 Å². The first-order valence-corrected chi connectivity index (χ1v) is 8.24. The molecule has 0 fully saturated rings. The number of rotatable bonds is 5. The molecule has 0 bridgehead atoms. The van der Waals surface area contributed by atoms with Crippen LogP contribution in [0.25, 0.3) is 0 Å². The van der Waals surface area contributed by atoms with Gasteiger partial charge in [-0.1, -0.05) is 17.8 Å². The number of nitrogens with two attached hydrogens (primary N) is 1. The fourth-order valence-corrected chi connectivity index (χ4v) is 2.94. The molecule has 12 heteroatoms. The van der Waals surface area contributed by atoms with E-state index in [4.69, 9.17) is 15.3 Å². The van der Waals surface area contributed by atoms with E-state index >= 15 is 0 Å². The molecule has 1 atom stereocenters. The van der Waals surface area contributed by atoms with Crippen molar-refractivity contribution in [3.8, 4) is 11.5 Å². The number of nitrogens with one attached hydrogen (secondary N) is 1. The predicted octanol–water partition coefficient (Wildman–Crippen LogP) is 1.54. The highest BCUT2D eigenvalue weighted by Gasteiger charge is 2.38. The first kappa shape index (κ1) is 18.2. The Labute approximate surface area is 149 Å². The number of carbonyl (C=O) groups is 1. The van der Waals surface area contributed by atoms with Gasteiger partial charge in [-0.05, 0) is 24.6 Å². The van der Waals surface area contributed by atoms with E-state index in [2.05, 4.69) is 15.5 Å². The molecule has 1 aromatic carbocycles. The fourth-order valence-electron chi connectivity index (χ4n) is 2.15. The maximum absolute atomic E-state index is 12.7. The summed E-state index contributed by atoms with van der Waals surface area (Å²) >= 11 is 0.778. The highest BCUT2D eigenvalue weighted by atomic mass is 32.2. The number of hydrogen-bond donors (Lipinski definition) is 2. The molecule has 0 radical (unpaired) electrons. The number of benzene rings is 1. The number of hydrogen-bond acceptors (Lipinski definition) is 7. The van der Waals surface area contributed by atoms with E-state index in [0.717, 1.165) is 17.3 Å². The second kappa shape index (κ2) is 6.94. The van der Waals surface area contributed by atoms with E-state index < -0.39 is 17.3 Å². The Hall–Kier alpha value is -2.63. The summed E-state index contributed by atoms with van der Waals surface area (Å²) in [4.78, 5) is 12.2. The van der Waals surface area contributed by atoms with Crippen LogP contribution < -0.4 is 20.6 Å². The predicted molar refractivity (Wildman–Crippen MR) is 84.9 cm³/mol. The number of thioether (sulfide) groups is 1. The van der Waals surface area contributed by atoms with Gasteiger partial charge in [-0.2, -0.15) is 13.2 Å². The number of amides is 1. The maximum atomic E-state index is 12.7. The number of nitrogens with zero attached hydrogens (tertiary/aromatic N) is 3. The zero-order valence-electron chi connectivity index (χ0n) is 13.4. The van der Waals surface area contributed by atoms with Gasteiger partial charge in [0.15, 0.2) is 11.5 Å². The Morgan fingerprint density at radius 3 is 2.81 bits per heavy atom. The van der Waals surface area contributed by atoms with Gasteiger partial charge in [0, 0.05) is 6.54 Å². The molecular weight excluding hydrogens is 375 g/mol. The standard InChI is InChI=1S/C14H14F3N5O3S/c1-7(26-13-21-20-12(22(13)18)14(15,16)17)11(23)19-5-8-2-3-9-10(4-8)25-6-24-9/h2-4,7H,5-6,18H2,1H3,(H,19,23)/t7-/m0/s1. The third kappa shape index (κ3) is 3.79. The van der Waals surface area contributed by atoms with Crippen LogP contribution in [0.3, 0.4) is 0 Å². The molecule has 3 rings (SSSR count). The third-order valence-electron chi connectivity index (χ3n) is 3.47. The van der Waals surface area contributed by atoms with Gasteiger partial charge in [-0.3, -0.25) is 4.79 Å². The summed E-state index contributed by atoms with van der Waals surface area (Å²) in [5.74, 6) is 4.86. The van der Waals surface area contributed by atoms with Crippen molar-refractivity contribution in [3.63, 3.8) is 0 Å². The van der Waals surface area contributed by atoms with Crippen LogP contribution in [0.4, 0.5) is 13.2 Å². The highest BCUT2D eigenvalue weighted by molar-refractivity contribution is 8.00. The van der Waals surface area contributed by atoms with E-state index in [1.807, 2.05) is 0 Å². The van der Waals surface area contributed by atoms with Crippen LogP contribution in [-0.2, 0) is 17.5 Å². The Balaban J connectivity index is 1.58. The van der Waals surface area contributed by atoms with Crippen molar-refractivity contribution >= 4 is 17.7 Å². The Morgan fingerprint density at radius 2 is 2.12 bits per heavy atom. The summed E-state index contributed by atoms with van der Waals surface area (Å²) in [6.07, 6.45) is -4.72. The van der Waals surface area contributed by atoms with E-state index in [1.54, 1.807) is 18.2 Å². The second-order valence-corrected chi connectivity index (χ2v) is 6.65. The molecule has 1 aliphatic heterocycles. The zero-order chi connectivity index (χ0) is 18.9. The molecular formula is C14H14F3N5O3S. The van der Waals surface area contributed by atoms with Gasteiger partial charge >= 0.3 is 6.18 Å². The summed E-state index contributed by atoms with van der Waals surface area (Å²) in [5.41, 5.74) is 0.793. The van der Waals surface area contributed by atoms with E-state index in [1.165, 1.54) is 6.92 Å². The van der Waals surface area contributed by atoms with Crippen LogP contribution >= 0.6 is 11.8 Å². The number of nitrogen functional groups attached to an aromatic ring is 1. The lowest BCUT2D eigenvalue weighted by atomic mass is 10.2. The van der Waals surface area contributed by atoms with Gasteiger partial charge in [0.2, 0.25) is 17.9 Å². The Kier molecular flexibility index (Phi) is 4.85. The summed E-state index contributed by atoms with van der Waals surface area (Å²) in [7, 11) is 0. The molecule has 0 aliphatic carbocycles. The minimum atomic E-state index is -4.72. The maximum Gasteiger partial charge on any atom is 0.453 e. The van der Waals surface area contributed by atoms with Crippen LogP contribution in [0.1, 0.15) is 18.3 Å². The minimum absolute atomic E-state index is 0.151. The number of halogens is 3. The van der Waals surface area contributed by atoms with Gasteiger partial charge in [0.1, 0.15) is 0 Å². The minimum Gasteiger partial charge on any atom is -0.454 e. The van der Waals surface area contributed by atoms with Crippen molar-refractivity contribution in [2.24, 2.45) is 0 Å². The van der Waals surface area contributed by atoms with Crippen molar-refractivity contribution in [2.75, 3.05) is 12.6 Å². The van der Waals surface area contributed by atoms with Crippen molar-refractivity contribution in [1.29, 1.82) is 0 Å². The number of carbonyl (C=O) groups excluding carboxylic acids is 1. The largest absolute Gasteiger partial charge is 0.454 e. The van der Waals surface area contributed by atoms with Gasteiger partial charge in [0.25, 0.3) is 5.82 Å². The van der Waals surface area contributed by atoms with Gasteiger partial charge in [-0.25, -0.2) is 4.68 Å². The lowest BCUT2D eigenvalue weighted by molar-refractivity contribution is -0.146. The van der Waals surface area contributed by atoms with Crippen LogP contribution in [0.15, 0.2) is 23.4 Å². The van der Waals surface area contributed by atoms with Crippen molar-refractivity contribution < 1.29 is 27.4 Å². The van der Waals surface area contributed by atoms with Crippen LogP contribution in [0, 0.1) is 0 Å². The van der Waals surface area contributed by atoms with Crippen LogP contribution in [0.5, 0.6) is 11.5 Å². The topological polar surface area (TPSA) is 104 Å². The molecule has 0 unspecified atom stereocenters. The highest BCUT2D eigenvalue weighted by Crippen LogP contribution is 2.32. The number of alkyl halides is 3. The first-order valence-electron chi connectivity index (χ1n) is 7.36. The quantitative estimate of drug-likeness (QED) is 0.590. The summed E-state index contributed by atoms with van der Waals surface area (Å²) < 4.78 is 48.7. The van der Waals surface area contributed by atoms with E-state index in [9.17, 15) is 18.0 Å².